The Morgan fingerprint density at radius 3 is 2.51 bits per heavy atom. The van der Waals surface area contributed by atoms with E-state index in [0.717, 1.165) is 0 Å². The van der Waals surface area contributed by atoms with Gasteiger partial charge in [0.2, 0.25) is 23.6 Å². The summed E-state index contributed by atoms with van der Waals surface area (Å²) >= 11 is 0. The molecule has 0 saturated carbocycles. The van der Waals surface area contributed by atoms with Crippen LogP contribution in [0.4, 0.5) is 0 Å². The molecule has 6 amide bonds. The first-order valence-corrected chi connectivity index (χ1v) is 15.0. The summed E-state index contributed by atoms with van der Waals surface area (Å²) in [6, 6.07) is 9.32. The maximum Gasteiger partial charge on any atom is 0.255 e. The van der Waals surface area contributed by atoms with Crippen LogP contribution < -0.4 is 15.4 Å². The highest BCUT2D eigenvalue weighted by atomic mass is 16.5. The number of carbonyl (C=O) groups excluding carboxylic acids is 6. The van der Waals surface area contributed by atoms with E-state index in [2.05, 4.69) is 17.2 Å². The van der Waals surface area contributed by atoms with E-state index in [9.17, 15) is 28.8 Å². The molecule has 12 heteroatoms. The van der Waals surface area contributed by atoms with Gasteiger partial charge in [0, 0.05) is 49.8 Å². The topological polar surface area (TPSA) is 145 Å². The lowest BCUT2D eigenvalue weighted by Gasteiger charge is -2.47. The summed E-state index contributed by atoms with van der Waals surface area (Å²) in [5, 5.41) is 4.98. The summed E-state index contributed by atoms with van der Waals surface area (Å²) < 4.78 is 6.10. The average Bonchev–Trinajstić information content (AvgIpc) is 3.34. The van der Waals surface area contributed by atoms with Crippen molar-refractivity contribution in [2.45, 2.75) is 51.4 Å². The Morgan fingerprint density at radius 2 is 1.84 bits per heavy atom. The fourth-order valence-corrected chi connectivity index (χ4v) is 6.01. The lowest BCUT2D eigenvalue weighted by Crippen LogP contribution is -2.64. The SMILES string of the molecule is C=CC(=O)N1CC(N(C(=O)c2cccc3c2CN(C2CCC(=O)NC2=O)C3=O)C(C(=O)NC)c2ccccc2OCC(C)C)C1. The summed E-state index contributed by atoms with van der Waals surface area (Å²) in [6.07, 6.45) is 1.48. The summed E-state index contributed by atoms with van der Waals surface area (Å²) in [7, 11) is 1.49. The van der Waals surface area contributed by atoms with E-state index in [4.69, 9.17) is 4.74 Å². The normalized spacial score (nSPS) is 18.6. The van der Waals surface area contributed by atoms with Gasteiger partial charge in [0.15, 0.2) is 0 Å². The molecule has 0 radical (unpaired) electrons. The van der Waals surface area contributed by atoms with Crippen LogP contribution in [0.15, 0.2) is 55.1 Å². The molecule has 45 heavy (non-hydrogen) atoms. The van der Waals surface area contributed by atoms with E-state index >= 15 is 0 Å². The summed E-state index contributed by atoms with van der Waals surface area (Å²) in [5.74, 6) is -1.96. The molecular formula is C33H37N5O7. The smallest absolute Gasteiger partial charge is 0.255 e. The molecule has 0 aromatic heterocycles. The number of benzene rings is 2. The number of ether oxygens (including phenoxy) is 1. The zero-order chi connectivity index (χ0) is 32.4. The Kier molecular flexibility index (Phi) is 9.03. The van der Waals surface area contributed by atoms with E-state index in [1.54, 1.807) is 42.5 Å². The van der Waals surface area contributed by atoms with Crippen molar-refractivity contribution in [3.05, 3.63) is 77.4 Å². The quantitative estimate of drug-likeness (QED) is 0.306. The van der Waals surface area contributed by atoms with Crippen LogP contribution in [0.5, 0.6) is 5.75 Å². The number of carbonyl (C=O) groups is 6. The maximum absolute atomic E-state index is 14.7. The minimum Gasteiger partial charge on any atom is -0.493 e. The van der Waals surface area contributed by atoms with E-state index in [-0.39, 0.29) is 55.4 Å². The molecule has 2 atom stereocenters. The number of likely N-dealkylation sites (N-methyl/N-ethyl adjacent to an activating group) is 1. The number of likely N-dealkylation sites (tertiary alicyclic amines) is 1. The van der Waals surface area contributed by atoms with Gasteiger partial charge >= 0.3 is 0 Å². The number of nitrogens with zero attached hydrogens (tertiary/aromatic N) is 3. The highest BCUT2D eigenvalue weighted by molar-refractivity contribution is 6.08. The van der Waals surface area contributed by atoms with Crippen molar-refractivity contribution in [3.8, 4) is 5.75 Å². The average molecular weight is 616 g/mol. The molecule has 3 aliphatic rings. The summed E-state index contributed by atoms with van der Waals surface area (Å²) in [4.78, 5) is 83.1. The van der Waals surface area contributed by atoms with Crippen molar-refractivity contribution in [2.24, 2.45) is 5.92 Å². The summed E-state index contributed by atoms with van der Waals surface area (Å²) in [5.41, 5.74) is 1.40. The molecule has 236 valence electrons. The molecule has 2 N–H and O–H groups in total. The van der Waals surface area contributed by atoms with Gasteiger partial charge < -0.3 is 24.8 Å². The largest absolute Gasteiger partial charge is 0.493 e. The van der Waals surface area contributed by atoms with Crippen LogP contribution in [0.3, 0.4) is 0 Å². The number of hydrogen-bond acceptors (Lipinski definition) is 7. The number of piperidine rings is 1. The van der Waals surface area contributed by atoms with E-state index in [1.165, 1.54) is 27.8 Å². The van der Waals surface area contributed by atoms with Gasteiger partial charge in [-0.25, -0.2) is 0 Å². The molecule has 2 saturated heterocycles. The van der Waals surface area contributed by atoms with Gasteiger partial charge in [-0.15, -0.1) is 0 Å². The fraction of sp³-hybridized carbons (Fsp3) is 0.394. The molecule has 0 aliphatic carbocycles. The lowest BCUT2D eigenvalue weighted by molar-refractivity contribution is -0.137. The van der Waals surface area contributed by atoms with Crippen molar-refractivity contribution in [2.75, 3.05) is 26.7 Å². The van der Waals surface area contributed by atoms with Gasteiger partial charge in [0.25, 0.3) is 11.8 Å². The number of hydrogen-bond donors (Lipinski definition) is 2. The number of amides is 6. The van der Waals surface area contributed by atoms with E-state index < -0.39 is 47.7 Å². The third kappa shape index (κ3) is 6.04. The number of rotatable bonds is 10. The van der Waals surface area contributed by atoms with Crippen LogP contribution in [-0.2, 0) is 25.7 Å². The lowest BCUT2D eigenvalue weighted by atomic mass is 9.94. The van der Waals surface area contributed by atoms with Crippen LogP contribution in [0, 0.1) is 5.92 Å². The molecule has 2 aromatic rings. The van der Waals surface area contributed by atoms with Crippen LogP contribution in [0.25, 0.3) is 0 Å². The second-order valence-corrected chi connectivity index (χ2v) is 11.8. The molecule has 12 nitrogen and oxygen atoms in total. The third-order valence-corrected chi connectivity index (χ3v) is 8.35. The number of imide groups is 1. The molecule has 5 rings (SSSR count). The van der Waals surface area contributed by atoms with Crippen LogP contribution in [0.2, 0.25) is 0 Å². The minimum atomic E-state index is -1.13. The first-order valence-electron chi connectivity index (χ1n) is 15.0. The third-order valence-electron chi connectivity index (χ3n) is 8.35. The molecular weight excluding hydrogens is 578 g/mol. The molecule has 0 spiro atoms. The van der Waals surface area contributed by atoms with Crippen molar-refractivity contribution >= 4 is 35.4 Å². The fourth-order valence-electron chi connectivity index (χ4n) is 6.01. The number of fused-ring (bicyclic) bond motifs is 1. The van der Waals surface area contributed by atoms with Crippen molar-refractivity contribution < 1.29 is 33.5 Å². The Balaban J connectivity index is 1.56. The molecule has 2 fully saturated rings. The zero-order valence-corrected chi connectivity index (χ0v) is 25.6. The molecule has 2 aromatic carbocycles. The molecule has 3 heterocycles. The van der Waals surface area contributed by atoms with Gasteiger partial charge in [-0.2, -0.15) is 0 Å². The molecule has 2 unspecified atom stereocenters. The molecule has 0 bridgehead atoms. The monoisotopic (exact) mass is 615 g/mol. The van der Waals surface area contributed by atoms with Gasteiger partial charge in [-0.05, 0) is 42.2 Å². The first-order chi connectivity index (χ1) is 21.5. The van der Waals surface area contributed by atoms with Crippen LogP contribution in [0.1, 0.15) is 64.6 Å². The first kappa shape index (κ1) is 31.4. The second kappa shape index (κ2) is 12.9. The van der Waals surface area contributed by atoms with Gasteiger partial charge in [0.1, 0.15) is 17.8 Å². The highest BCUT2D eigenvalue weighted by Crippen LogP contribution is 2.37. The predicted molar refractivity (Wildman–Crippen MR) is 163 cm³/mol. The van der Waals surface area contributed by atoms with Crippen molar-refractivity contribution in [1.82, 2.24) is 25.3 Å². The van der Waals surface area contributed by atoms with Crippen molar-refractivity contribution in [1.29, 1.82) is 0 Å². The highest BCUT2D eigenvalue weighted by Gasteiger charge is 2.46. The Labute approximate surface area is 261 Å². The van der Waals surface area contributed by atoms with E-state index in [1.807, 2.05) is 13.8 Å². The molecule has 3 aliphatic heterocycles. The van der Waals surface area contributed by atoms with Crippen LogP contribution >= 0.6 is 0 Å². The van der Waals surface area contributed by atoms with Crippen LogP contribution in [-0.4, -0.2) is 89.0 Å². The Hall–Kier alpha value is -5.00. The van der Waals surface area contributed by atoms with E-state index in [0.29, 0.717) is 23.5 Å². The van der Waals surface area contributed by atoms with Crippen molar-refractivity contribution in [3.63, 3.8) is 0 Å². The minimum absolute atomic E-state index is 0.0132. The maximum atomic E-state index is 14.7. The van der Waals surface area contributed by atoms with Gasteiger partial charge in [-0.3, -0.25) is 34.1 Å². The Bertz CT molecular complexity index is 1560. The second-order valence-electron chi connectivity index (χ2n) is 11.8. The standard InChI is InChI=1S/C33H37N5O7/c1-5-28(40)36-15-20(16-36)38(29(31(42)34-4)23-9-6-7-12-26(23)45-18-19(2)3)33(44)22-11-8-10-21-24(22)17-37(32(21)43)25-13-14-27(39)35-30(25)41/h5-12,19-20,25,29H,1,13-18H2,2-4H3,(H,34,42)(H,35,39,41). The number of para-hydroxylation sites is 1. The van der Waals surface area contributed by atoms with Gasteiger partial charge in [-0.1, -0.05) is 44.7 Å². The zero-order valence-electron chi connectivity index (χ0n) is 25.6. The van der Waals surface area contributed by atoms with Gasteiger partial charge in [0.05, 0.1) is 12.6 Å². The summed E-state index contributed by atoms with van der Waals surface area (Å²) in [6.45, 7) is 8.29. The number of nitrogens with one attached hydrogen (secondary N) is 2. The Morgan fingerprint density at radius 1 is 1.11 bits per heavy atom. The predicted octanol–water partition coefficient (Wildman–Crippen LogP) is 1.81.